The van der Waals surface area contributed by atoms with Crippen LogP contribution in [0.4, 0.5) is 0 Å². The number of hydrogen-bond acceptors (Lipinski definition) is 0. The minimum atomic E-state index is 0.811. The van der Waals surface area contributed by atoms with Crippen molar-refractivity contribution < 1.29 is 0 Å². The molecule has 58 valence electrons. The van der Waals surface area contributed by atoms with E-state index in [0.717, 1.165) is 5.02 Å². The molecule has 2 aromatic carbocycles. The maximum Gasteiger partial charge on any atom is 0.140 e. The summed E-state index contributed by atoms with van der Waals surface area (Å²) in [5, 5.41) is 3.30. The van der Waals surface area contributed by atoms with Crippen molar-refractivity contribution >= 4 is 35.7 Å². The molecule has 0 nitrogen and oxygen atoms in total. The van der Waals surface area contributed by atoms with E-state index in [1.165, 1.54) is 16.2 Å². The van der Waals surface area contributed by atoms with Gasteiger partial charge in [-0.25, -0.2) is 0 Å². The Morgan fingerprint density at radius 1 is 1.08 bits per heavy atom. The Labute approximate surface area is 77.6 Å². The van der Waals surface area contributed by atoms with Crippen molar-refractivity contribution in [2.75, 3.05) is 0 Å². The molecule has 0 N–H and O–H groups in total. The van der Waals surface area contributed by atoms with Crippen molar-refractivity contribution in [1.82, 2.24) is 0 Å². The van der Waals surface area contributed by atoms with Gasteiger partial charge in [-0.05, 0) is 22.9 Å². The fourth-order valence-electron chi connectivity index (χ4n) is 1.46. The highest BCUT2D eigenvalue weighted by atomic mass is 35.5. The van der Waals surface area contributed by atoms with Crippen LogP contribution in [0.1, 0.15) is 0 Å². The predicted octanol–water partition coefficient (Wildman–Crippen LogP) is 1.75. The van der Waals surface area contributed by atoms with Crippen LogP contribution in [0, 0.1) is 0 Å². The summed E-state index contributed by atoms with van der Waals surface area (Å²) in [6.45, 7) is 0. The van der Waals surface area contributed by atoms with Gasteiger partial charge in [-0.15, -0.1) is 0 Å². The smallest absolute Gasteiger partial charge is 0.0843 e. The third kappa shape index (κ3) is 1.21. The Kier molecular flexibility index (Phi) is 1.82. The molecule has 0 heterocycles. The average molecular weight is 174 g/mol. The van der Waals surface area contributed by atoms with Gasteiger partial charge in [0.1, 0.15) is 7.85 Å². The van der Waals surface area contributed by atoms with Gasteiger partial charge < -0.3 is 0 Å². The van der Waals surface area contributed by atoms with E-state index in [9.17, 15) is 0 Å². The second-order valence-electron chi connectivity index (χ2n) is 2.94. The molecule has 0 unspecified atom stereocenters. The summed E-state index contributed by atoms with van der Waals surface area (Å²) >= 11 is 5.92. The lowest BCUT2D eigenvalue weighted by Crippen LogP contribution is -2.02. The summed E-state index contributed by atoms with van der Waals surface area (Å²) in [6, 6.07) is 12.2. The minimum Gasteiger partial charge on any atom is -0.0843 e. The van der Waals surface area contributed by atoms with Gasteiger partial charge in [0.05, 0.1) is 0 Å². The molecule has 0 spiro atoms. The molecule has 12 heavy (non-hydrogen) atoms. The highest BCUT2D eigenvalue weighted by Crippen LogP contribution is 2.16. The van der Waals surface area contributed by atoms with Crippen molar-refractivity contribution in [3.63, 3.8) is 0 Å². The van der Waals surface area contributed by atoms with Gasteiger partial charge in [-0.3, -0.25) is 0 Å². The van der Waals surface area contributed by atoms with E-state index < -0.39 is 0 Å². The number of halogens is 1. The SMILES string of the molecule is Bc1cc(Cl)cc2ccccc12. The lowest BCUT2D eigenvalue weighted by Gasteiger charge is -2.01. The highest BCUT2D eigenvalue weighted by molar-refractivity contribution is 6.41. The molecule has 0 atom stereocenters. The van der Waals surface area contributed by atoms with Crippen molar-refractivity contribution in [3.05, 3.63) is 41.4 Å². The van der Waals surface area contributed by atoms with Crippen LogP contribution >= 0.6 is 11.6 Å². The molecule has 2 aromatic rings. The van der Waals surface area contributed by atoms with Crippen LogP contribution in [0.5, 0.6) is 0 Å². The van der Waals surface area contributed by atoms with E-state index in [1.54, 1.807) is 0 Å². The second kappa shape index (κ2) is 2.83. The van der Waals surface area contributed by atoms with Crippen LogP contribution in [0.25, 0.3) is 10.8 Å². The average Bonchev–Trinajstić information content (AvgIpc) is 2.04. The zero-order chi connectivity index (χ0) is 8.55. The van der Waals surface area contributed by atoms with Gasteiger partial charge in [0.2, 0.25) is 0 Å². The van der Waals surface area contributed by atoms with Crippen LogP contribution in [-0.2, 0) is 0 Å². The van der Waals surface area contributed by atoms with E-state index in [2.05, 4.69) is 20.0 Å². The molecule has 0 aliphatic heterocycles. The number of benzene rings is 2. The Morgan fingerprint density at radius 2 is 1.83 bits per heavy atom. The zero-order valence-electron chi connectivity index (χ0n) is 6.84. The zero-order valence-corrected chi connectivity index (χ0v) is 7.60. The fraction of sp³-hybridized carbons (Fsp3) is 0. The van der Waals surface area contributed by atoms with Gasteiger partial charge in [0.25, 0.3) is 0 Å². The van der Waals surface area contributed by atoms with E-state index in [0.29, 0.717) is 0 Å². The summed E-state index contributed by atoms with van der Waals surface area (Å²) in [7, 11) is 2.08. The van der Waals surface area contributed by atoms with Gasteiger partial charge in [0, 0.05) is 5.02 Å². The summed E-state index contributed by atoms with van der Waals surface area (Å²) in [5.74, 6) is 0. The molecule has 2 heteroatoms. The lowest BCUT2D eigenvalue weighted by atomic mass is 9.90. The number of fused-ring (bicyclic) bond motifs is 1. The van der Waals surface area contributed by atoms with Crippen molar-refractivity contribution in [2.45, 2.75) is 0 Å². The third-order valence-electron chi connectivity index (χ3n) is 2.03. The van der Waals surface area contributed by atoms with Gasteiger partial charge >= 0.3 is 0 Å². The summed E-state index contributed by atoms with van der Waals surface area (Å²) in [4.78, 5) is 0. The number of hydrogen-bond donors (Lipinski definition) is 0. The summed E-state index contributed by atoms with van der Waals surface area (Å²) in [6.07, 6.45) is 0. The molecule has 0 aliphatic carbocycles. The first-order valence-corrected chi connectivity index (χ1v) is 4.30. The van der Waals surface area contributed by atoms with Gasteiger partial charge in [-0.1, -0.05) is 41.3 Å². The Hall–Kier alpha value is -0.945. The summed E-state index contributed by atoms with van der Waals surface area (Å²) < 4.78 is 0. The molecule has 0 amide bonds. The first-order valence-electron chi connectivity index (χ1n) is 3.92. The van der Waals surface area contributed by atoms with Gasteiger partial charge in [0.15, 0.2) is 0 Å². The Morgan fingerprint density at radius 3 is 2.67 bits per heavy atom. The largest absolute Gasteiger partial charge is 0.140 e. The van der Waals surface area contributed by atoms with Crippen LogP contribution in [0.15, 0.2) is 36.4 Å². The monoisotopic (exact) mass is 174 g/mol. The first kappa shape index (κ1) is 7.69. The molecule has 2 rings (SSSR count). The highest BCUT2D eigenvalue weighted by Gasteiger charge is 1.96. The van der Waals surface area contributed by atoms with Crippen molar-refractivity contribution in [1.29, 1.82) is 0 Å². The van der Waals surface area contributed by atoms with E-state index in [-0.39, 0.29) is 0 Å². The molecule has 0 saturated heterocycles. The molecular formula is C10H8BCl. The molecule has 0 aromatic heterocycles. The van der Waals surface area contributed by atoms with E-state index in [1.807, 2.05) is 24.3 Å². The topological polar surface area (TPSA) is 0 Å². The minimum absolute atomic E-state index is 0.811. The molecule has 0 bridgehead atoms. The van der Waals surface area contributed by atoms with Crippen LogP contribution < -0.4 is 5.46 Å². The van der Waals surface area contributed by atoms with Gasteiger partial charge in [-0.2, -0.15) is 0 Å². The fourth-order valence-corrected chi connectivity index (χ4v) is 1.74. The molecule has 0 radical (unpaired) electrons. The Bertz CT molecular complexity index is 423. The van der Waals surface area contributed by atoms with Crippen LogP contribution in [0.2, 0.25) is 5.02 Å². The maximum atomic E-state index is 5.92. The van der Waals surface area contributed by atoms with E-state index in [4.69, 9.17) is 11.6 Å². The van der Waals surface area contributed by atoms with Crippen molar-refractivity contribution in [2.24, 2.45) is 0 Å². The quantitative estimate of drug-likeness (QED) is 0.534. The standard InChI is InChI=1S/C10H8BCl/c11-10-6-8(12)5-7-3-1-2-4-9(7)10/h1-6H,11H2. The molecule has 0 saturated carbocycles. The predicted molar refractivity (Wildman–Crippen MR) is 57.1 cm³/mol. The third-order valence-corrected chi connectivity index (χ3v) is 2.25. The second-order valence-corrected chi connectivity index (χ2v) is 3.38. The normalized spacial score (nSPS) is 10.4. The van der Waals surface area contributed by atoms with E-state index >= 15 is 0 Å². The summed E-state index contributed by atoms with van der Waals surface area (Å²) in [5.41, 5.74) is 1.23. The Balaban J connectivity index is 2.89. The lowest BCUT2D eigenvalue weighted by molar-refractivity contribution is 1.78. The first-order chi connectivity index (χ1) is 5.77. The maximum absolute atomic E-state index is 5.92. The van der Waals surface area contributed by atoms with Crippen molar-refractivity contribution in [3.8, 4) is 0 Å². The molecule has 0 fully saturated rings. The molecular weight excluding hydrogens is 166 g/mol. The number of rotatable bonds is 0. The van der Waals surface area contributed by atoms with Crippen LogP contribution in [0.3, 0.4) is 0 Å². The van der Waals surface area contributed by atoms with Crippen LogP contribution in [-0.4, -0.2) is 7.85 Å². The molecule has 0 aliphatic rings.